The summed E-state index contributed by atoms with van der Waals surface area (Å²) in [4.78, 5) is 3.44. The van der Waals surface area contributed by atoms with Crippen molar-refractivity contribution in [3.05, 3.63) is 60.7 Å². The second-order valence-electron chi connectivity index (χ2n) is 4.98. The van der Waals surface area contributed by atoms with Crippen molar-refractivity contribution in [1.29, 1.82) is 0 Å². The smallest absolute Gasteiger partial charge is 0.159 e. The number of fused-ring (bicyclic) bond motifs is 7. The van der Waals surface area contributed by atoms with Crippen LogP contribution in [-0.4, -0.2) is 4.98 Å². The third-order valence-corrected chi connectivity index (χ3v) is 3.88. The van der Waals surface area contributed by atoms with Gasteiger partial charge in [0.2, 0.25) is 0 Å². The monoisotopic (exact) mass is 255 g/mol. The summed E-state index contributed by atoms with van der Waals surface area (Å²) in [6.07, 6.45) is 0. The number of aromatic amines is 1. The fourth-order valence-corrected chi connectivity index (χ4v) is 2.96. The molecule has 0 atom stereocenters. The summed E-state index contributed by atoms with van der Waals surface area (Å²) in [5.41, 5.74) is 3.92. The van der Waals surface area contributed by atoms with Gasteiger partial charge in [0.25, 0.3) is 0 Å². The molecule has 5 aromatic rings. The fourth-order valence-electron chi connectivity index (χ4n) is 2.96. The normalized spacial score (nSPS) is 11.6. The lowest BCUT2D eigenvalue weighted by molar-refractivity contribution is 0.672. The number of hydrogen-bond acceptors (Lipinski definition) is 1. The summed E-state index contributed by atoms with van der Waals surface area (Å²) in [6, 6.07) is 22.4. The summed E-state index contributed by atoms with van der Waals surface area (Å²) in [5, 5.41) is 4.48. The highest BCUT2D eigenvalue weighted by molar-refractivity contribution is 6.19. The van der Waals surface area contributed by atoms with Gasteiger partial charge in [-0.25, -0.2) is 0 Å². The van der Waals surface area contributed by atoms with E-state index in [9.17, 15) is 0 Å². The Morgan fingerprint density at radius 1 is 0.900 bits per heavy atom. The highest BCUT2D eigenvalue weighted by atomic mass is 16.3. The summed E-state index contributed by atoms with van der Waals surface area (Å²) >= 11 is 0. The first kappa shape index (κ1) is 9.94. The predicted molar refractivity (Wildman–Crippen MR) is 80.8 cm³/mol. The average molecular weight is 255 g/mol. The maximum Gasteiger partial charge on any atom is 0.159 e. The number of furan rings is 1. The molecule has 5 rings (SSSR count). The van der Waals surface area contributed by atoms with Crippen molar-refractivity contribution in [3.63, 3.8) is 0 Å². The van der Waals surface area contributed by atoms with E-state index in [1.165, 1.54) is 0 Å². The maximum atomic E-state index is 6.04. The Morgan fingerprint density at radius 2 is 1.80 bits per heavy atom. The van der Waals surface area contributed by atoms with Crippen LogP contribution < -0.4 is 0 Å². The molecule has 0 unspecified atom stereocenters. The van der Waals surface area contributed by atoms with Crippen LogP contribution in [0.3, 0.4) is 0 Å². The van der Waals surface area contributed by atoms with Gasteiger partial charge in [-0.05, 0) is 24.3 Å². The molecule has 0 bridgehead atoms. The van der Waals surface area contributed by atoms with E-state index >= 15 is 0 Å². The van der Waals surface area contributed by atoms with Crippen molar-refractivity contribution in [3.8, 4) is 0 Å². The van der Waals surface area contributed by atoms with Crippen molar-refractivity contribution < 1.29 is 4.42 Å². The number of rotatable bonds is 0. The molecular formula is C18H9NO. The SMILES string of the molecule is c1ccc2[nH]c3c(ccc4c5ccccc5oc43)c2c#1. The molecule has 0 aliphatic rings. The van der Waals surface area contributed by atoms with E-state index in [2.05, 4.69) is 35.3 Å². The van der Waals surface area contributed by atoms with Gasteiger partial charge in [-0.15, -0.1) is 0 Å². The number of nitrogens with one attached hydrogen (secondary N) is 1. The molecule has 20 heavy (non-hydrogen) atoms. The zero-order valence-corrected chi connectivity index (χ0v) is 10.5. The van der Waals surface area contributed by atoms with Crippen LogP contribution in [0.4, 0.5) is 0 Å². The van der Waals surface area contributed by atoms with Crippen LogP contribution in [0.5, 0.6) is 0 Å². The maximum absolute atomic E-state index is 6.04. The van der Waals surface area contributed by atoms with Crippen LogP contribution >= 0.6 is 0 Å². The Hall–Kier alpha value is -2.92. The zero-order valence-electron chi connectivity index (χ0n) is 10.5. The van der Waals surface area contributed by atoms with Crippen LogP contribution in [0, 0.1) is 12.1 Å². The Balaban J connectivity index is 2.10. The van der Waals surface area contributed by atoms with Crippen LogP contribution in [-0.2, 0) is 0 Å². The summed E-state index contributed by atoms with van der Waals surface area (Å²) in [6.45, 7) is 0. The minimum Gasteiger partial charge on any atom is -0.454 e. The molecule has 3 aromatic carbocycles. The lowest BCUT2D eigenvalue weighted by atomic mass is 10.1. The molecule has 92 valence electrons. The Labute approximate surface area is 114 Å². The van der Waals surface area contributed by atoms with Crippen molar-refractivity contribution in [2.45, 2.75) is 0 Å². The minimum atomic E-state index is 0.910. The van der Waals surface area contributed by atoms with Gasteiger partial charge in [0, 0.05) is 16.2 Å². The van der Waals surface area contributed by atoms with Gasteiger partial charge in [-0.2, -0.15) is 0 Å². The third kappa shape index (κ3) is 1.10. The molecule has 0 aliphatic carbocycles. The highest BCUT2D eigenvalue weighted by Gasteiger charge is 2.12. The largest absolute Gasteiger partial charge is 0.454 e. The van der Waals surface area contributed by atoms with Gasteiger partial charge < -0.3 is 9.40 Å². The van der Waals surface area contributed by atoms with Crippen molar-refractivity contribution >= 4 is 43.7 Å². The van der Waals surface area contributed by atoms with E-state index in [4.69, 9.17) is 4.42 Å². The van der Waals surface area contributed by atoms with Crippen LogP contribution in [0.1, 0.15) is 0 Å². The molecule has 0 saturated carbocycles. The molecule has 0 radical (unpaired) electrons. The van der Waals surface area contributed by atoms with Crippen molar-refractivity contribution in [1.82, 2.24) is 4.98 Å². The molecule has 0 fully saturated rings. The van der Waals surface area contributed by atoms with E-state index in [1.54, 1.807) is 0 Å². The Kier molecular flexibility index (Phi) is 1.66. The Bertz CT molecular complexity index is 1010. The quantitative estimate of drug-likeness (QED) is 0.422. The van der Waals surface area contributed by atoms with E-state index in [-0.39, 0.29) is 0 Å². The van der Waals surface area contributed by atoms with Gasteiger partial charge >= 0.3 is 0 Å². The molecule has 2 nitrogen and oxygen atoms in total. The molecule has 1 N–H and O–H groups in total. The number of hydrogen-bond donors (Lipinski definition) is 1. The van der Waals surface area contributed by atoms with Gasteiger partial charge in [0.05, 0.1) is 16.4 Å². The zero-order chi connectivity index (χ0) is 13.1. The van der Waals surface area contributed by atoms with Crippen molar-refractivity contribution in [2.75, 3.05) is 0 Å². The highest BCUT2D eigenvalue weighted by Crippen LogP contribution is 2.35. The summed E-state index contributed by atoms with van der Waals surface area (Å²) < 4.78 is 6.04. The standard InChI is InChI=1S/C18H9NO/c1-3-7-15-11(5-1)13-9-10-14-12-6-2-4-8-16(12)20-18(14)17(13)19-15/h2-4,6-10,19H. The number of benzene rings is 2. The van der Waals surface area contributed by atoms with Crippen LogP contribution in [0.2, 0.25) is 0 Å². The average Bonchev–Trinajstić information content (AvgIpc) is 3.05. The third-order valence-electron chi connectivity index (χ3n) is 3.88. The molecule has 2 heterocycles. The molecule has 0 spiro atoms. The molecule has 0 amide bonds. The van der Waals surface area contributed by atoms with Crippen molar-refractivity contribution in [2.24, 2.45) is 0 Å². The van der Waals surface area contributed by atoms with Gasteiger partial charge in [-0.3, -0.25) is 0 Å². The molecule has 2 aromatic heterocycles. The second-order valence-corrected chi connectivity index (χ2v) is 4.98. The molecule has 2 heteroatoms. The number of para-hydroxylation sites is 1. The molecule has 0 saturated heterocycles. The molecular weight excluding hydrogens is 246 g/mol. The predicted octanol–water partition coefficient (Wildman–Crippen LogP) is 4.82. The van der Waals surface area contributed by atoms with E-state index in [1.807, 2.05) is 30.3 Å². The topological polar surface area (TPSA) is 28.9 Å². The Morgan fingerprint density at radius 3 is 2.80 bits per heavy atom. The molecule has 0 aliphatic heterocycles. The summed E-state index contributed by atoms with van der Waals surface area (Å²) in [7, 11) is 0. The first-order chi connectivity index (χ1) is 9.92. The lowest BCUT2D eigenvalue weighted by Gasteiger charge is -1.91. The lowest BCUT2D eigenvalue weighted by Crippen LogP contribution is -1.69. The van der Waals surface area contributed by atoms with Crippen LogP contribution in [0.15, 0.2) is 52.9 Å². The van der Waals surface area contributed by atoms with Gasteiger partial charge in [0.15, 0.2) is 5.58 Å². The fraction of sp³-hybridized carbons (Fsp3) is 0. The van der Waals surface area contributed by atoms with Gasteiger partial charge in [0.1, 0.15) is 5.58 Å². The minimum absolute atomic E-state index is 0.910. The first-order valence-electron chi connectivity index (χ1n) is 6.56. The van der Waals surface area contributed by atoms with E-state index in [0.717, 1.165) is 43.7 Å². The second kappa shape index (κ2) is 3.34. The summed E-state index contributed by atoms with van der Waals surface area (Å²) in [5.74, 6) is 0. The number of H-pyrrole nitrogens is 1. The number of aromatic nitrogens is 1. The van der Waals surface area contributed by atoms with E-state index < -0.39 is 0 Å². The van der Waals surface area contributed by atoms with E-state index in [0.29, 0.717) is 0 Å². The van der Waals surface area contributed by atoms with Crippen LogP contribution in [0.25, 0.3) is 43.7 Å². The first-order valence-corrected chi connectivity index (χ1v) is 6.56. The van der Waals surface area contributed by atoms with Gasteiger partial charge in [-0.1, -0.05) is 36.4 Å².